The Hall–Kier alpha value is -0.820. The topological polar surface area (TPSA) is 20.2 Å². The molecule has 0 bridgehead atoms. The Kier molecular flexibility index (Phi) is 5.01. The molecule has 1 atom stereocenters. The van der Waals surface area contributed by atoms with Crippen molar-refractivity contribution in [2.24, 2.45) is 5.92 Å². The quantitative estimate of drug-likeness (QED) is 0.803. The van der Waals surface area contributed by atoms with E-state index in [4.69, 9.17) is 0 Å². The number of rotatable bonds is 5. The second kappa shape index (κ2) is 6.05. The fourth-order valence-corrected chi connectivity index (χ4v) is 2.06. The van der Waals surface area contributed by atoms with Gasteiger partial charge in [0.25, 0.3) is 0 Å². The zero-order chi connectivity index (χ0) is 12.1. The van der Waals surface area contributed by atoms with Crippen LogP contribution >= 0.6 is 0 Å². The highest BCUT2D eigenvalue weighted by Crippen LogP contribution is 2.17. The predicted molar refractivity (Wildman–Crippen MR) is 69.7 cm³/mol. The third kappa shape index (κ3) is 3.64. The van der Waals surface area contributed by atoms with E-state index in [0.717, 1.165) is 19.3 Å². The van der Waals surface area contributed by atoms with Crippen LogP contribution in [0.4, 0.5) is 0 Å². The molecule has 0 aliphatic heterocycles. The van der Waals surface area contributed by atoms with E-state index in [9.17, 15) is 5.11 Å². The molecule has 0 fully saturated rings. The summed E-state index contributed by atoms with van der Waals surface area (Å²) in [4.78, 5) is 0. The number of aryl methyl sites for hydroxylation is 2. The minimum Gasteiger partial charge on any atom is -0.393 e. The number of aliphatic hydroxyl groups excluding tert-OH is 1. The lowest BCUT2D eigenvalue weighted by Gasteiger charge is -2.15. The standard InChI is InChI=1S/C15H24O/c1-11(2)15(16)10-6-9-14-12(3)7-5-8-13(14)4/h5,7-8,11,15-16H,6,9-10H2,1-4H3. The maximum absolute atomic E-state index is 9.74. The Morgan fingerprint density at radius 2 is 1.69 bits per heavy atom. The lowest BCUT2D eigenvalue weighted by atomic mass is 9.95. The largest absolute Gasteiger partial charge is 0.393 e. The molecule has 0 spiro atoms. The van der Waals surface area contributed by atoms with Crippen LogP contribution in [0.3, 0.4) is 0 Å². The number of hydrogen-bond acceptors (Lipinski definition) is 1. The first-order chi connectivity index (χ1) is 7.52. The minimum absolute atomic E-state index is 0.149. The fourth-order valence-electron chi connectivity index (χ4n) is 2.06. The zero-order valence-corrected chi connectivity index (χ0v) is 11.0. The van der Waals surface area contributed by atoms with E-state index in [0.29, 0.717) is 5.92 Å². The van der Waals surface area contributed by atoms with Gasteiger partial charge in [-0.05, 0) is 55.7 Å². The number of aliphatic hydroxyl groups is 1. The van der Waals surface area contributed by atoms with Crippen LogP contribution in [0.5, 0.6) is 0 Å². The van der Waals surface area contributed by atoms with Crippen LogP contribution in [-0.2, 0) is 6.42 Å². The minimum atomic E-state index is -0.149. The Morgan fingerprint density at radius 3 is 2.19 bits per heavy atom. The molecule has 0 aromatic heterocycles. The SMILES string of the molecule is Cc1cccc(C)c1CCCC(O)C(C)C. The molecular weight excluding hydrogens is 196 g/mol. The van der Waals surface area contributed by atoms with Crippen molar-refractivity contribution in [1.82, 2.24) is 0 Å². The monoisotopic (exact) mass is 220 g/mol. The van der Waals surface area contributed by atoms with E-state index in [2.05, 4.69) is 45.9 Å². The van der Waals surface area contributed by atoms with E-state index in [1.165, 1.54) is 16.7 Å². The molecule has 1 nitrogen and oxygen atoms in total. The van der Waals surface area contributed by atoms with Gasteiger partial charge in [-0.15, -0.1) is 0 Å². The maximum Gasteiger partial charge on any atom is 0.0563 e. The summed E-state index contributed by atoms with van der Waals surface area (Å²) in [7, 11) is 0. The Balaban J connectivity index is 2.49. The van der Waals surface area contributed by atoms with Crippen molar-refractivity contribution in [2.45, 2.75) is 53.1 Å². The molecule has 0 saturated carbocycles. The summed E-state index contributed by atoms with van der Waals surface area (Å²) in [6.07, 6.45) is 2.92. The maximum atomic E-state index is 9.74. The van der Waals surface area contributed by atoms with Crippen LogP contribution in [0.2, 0.25) is 0 Å². The van der Waals surface area contributed by atoms with Crippen molar-refractivity contribution in [3.8, 4) is 0 Å². The van der Waals surface area contributed by atoms with Crippen LogP contribution in [0.25, 0.3) is 0 Å². The van der Waals surface area contributed by atoms with E-state index >= 15 is 0 Å². The van der Waals surface area contributed by atoms with Gasteiger partial charge in [0.1, 0.15) is 0 Å². The van der Waals surface area contributed by atoms with Gasteiger partial charge in [0, 0.05) is 0 Å². The molecule has 0 amide bonds. The van der Waals surface area contributed by atoms with Crippen molar-refractivity contribution in [3.05, 3.63) is 34.9 Å². The fraction of sp³-hybridized carbons (Fsp3) is 0.600. The van der Waals surface area contributed by atoms with Crippen molar-refractivity contribution in [3.63, 3.8) is 0 Å². The molecule has 1 aromatic rings. The molecule has 1 heteroatoms. The summed E-state index contributed by atoms with van der Waals surface area (Å²) < 4.78 is 0. The molecule has 1 rings (SSSR count). The molecule has 90 valence electrons. The average molecular weight is 220 g/mol. The van der Waals surface area contributed by atoms with Gasteiger partial charge in [0.2, 0.25) is 0 Å². The average Bonchev–Trinajstić information content (AvgIpc) is 2.22. The van der Waals surface area contributed by atoms with Crippen LogP contribution < -0.4 is 0 Å². The Bertz CT molecular complexity index is 308. The van der Waals surface area contributed by atoms with Gasteiger partial charge in [0.05, 0.1) is 6.10 Å². The molecule has 0 radical (unpaired) electrons. The van der Waals surface area contributed by atoms with Gasteiger partial charge >= 0.3 is 0 Å². The third-order valence-corrected chi connectivity index (χ3v) is 3.34. The van der Waals surface area contributed by atoms with Gasteiger partial charge in [-0.1, -0.05) is 32.0 Å². The van der Waals surface area contributed by atoms with E-state index < -0.39 is 0 Å². The smallest absolute Gasteiger partial charge is 0.0563 e. The normalized spacial score (nSPS) is 13.1. The van der Waals surface area contributed by atoms with Gasteiger partial charge in [-0.3, -0.25) is 0 Å². The third-order valence-electron chi connectivity index (χ3n) is 3.34. The van der Waals surface area contributed by atoms with Gasteiger partial charge < -0.3 is 5.11 Å². The molecule has 0 aliphatic carbocycles. The van der Waals surface area contributed by atoms with Gasteiger partial charge in [-0.25, -0.2) is 0 Å². The zero-order valence-electron chi connectivity index (χ0n) is 11.0. The number of benzene rings is 1. The lowest BCUT2D eigenvalue weighted by molar-refractivity contribution is 0.114. The number of hydrogen-bond donors (Lipinski definition) is 1. The molecule has 1 aromatic carbocycles. The van der Waals surface area contributed by atoms with Crippen molar-refractivity contribution < 1.29 is 5.11 Å². The first-order valence-electron chi connectivity index (χ1n) is 6.25. The molecule has 0 heterocycles. The van der Waals surface area contributed by atoms with Gasteiger partial charge in [0.15, 0.2) is 0 Å². The first kappa shape index (κ1) is 13.2. The molecule has 1 unspecified atom stereocenters. The second-order valence-corrected chi connectivity index (χ2v) is 5.07. The van der Waals surface area contributed by atoms with Crippen molar-refractivity contribution in [1.29, 1.82) is 0 Å². The van der Waals surface area contributed by atoms with Gasteiger partial charge in [-0.2, -0.15) is 0 Å². The lowest BCUT2D eigenvalue weighted by Crippen LogP contribution is -2.14. The highest BCUT2D eigenvalue weighted by Gasteiger charge is 2.09. The second-order valence-electron chi connectivity index (χ2n) is 5.07. The van der Waals surface area contributed by atoms with Crippen LogP contribution in [-0.4, -0.2) is 11.2 Å². The van der Waals surface area contributed by atoms with Crippen LogP contribution in [0, 0.1) is 19.8 Å². The molecule has 0 saturated heterocycles. The summed E-state index contributed by atoms with van der Waals surface area (Å²) in [6, 6.07) is 6.44. The van der Waals surface area contributed by atoms with Crippen molar-refractivity contribution in [2.75, 3.05) is 0 Å². The highest BCUT2D eigenvalue weighted by atomic mass is 16.3. The van der Waals surface area contributed by atoms with Crippen molar-refractivity contribution >= 4 is 0 Å². The predicted octanol–water partition coefficient (Wildman–Crippen LogP) is 3.64. The molecular formula is C15H24O. The Morgan fingerprint density at radius 1 is 1.12 bits per heavy atom. The van der Waals surface area contributed by atoms with Crippen LogP contribution in [0.1, 0.15) is 43.4 Å². The summed E-state index contributed by atoms with van der Waals surface area (Å²) in [5, 5.41) is 9.74. The molecule has 16 heavy (non-hydrogen) atoms. The summed E-state index contributed by atoms with van der Waals surface area (Å²) in [5.74, 6) is 0.373. The summed E-state index contributed by atoms with van der Waals surface area (Å²) in [6.45, 7) is 8.48. The molecule has 0 aliphatic rings. The summed E-state index contributed by atoms with van der Waals surface area (Å²) >= 11 is 0. The highest BCUT2D eigenvalue weighted by molar-refractivity contribution is 5.33. The van der Waals surface area contributed by atoms with E-state index in [1.807, 2.05) is 0 Å². The Labute approximate surface area is 99.5 Å². The van der Waals surface area contributed by atoms with E-state index in [-0.39, 0.29) is 6.10 Å². The van der Waals surface area contributed by atoms with E-state index in [1.54, 1.807) is 0 Å². The van der Waals surface area contributed by atoms with Crippen LogP contribution in [0.15, 0.2) is 18.2 Å². The first-order valence-corrected chi connectivity index (χ1v) is 6.25. The summed E-state index contributed by atoms with van der Waals surface area (Å²) in [5.41, 5.74) is 4.21. The molecule has 1 N–H and O–H groups in total.